The number of halogens is 2. The molecule has 0 aliphatic heterocycles. The van der Waals surface area contributed by atoms with Gasteiger partial charge >= 0.3 is 11.1 Å². The lowest BCUT2D eigenvalue weighted by Gasteiger charge is -1.00. The summed E-state index contributed by atoms with van der Waals surface area (Å²) in [6.07, 6.45) is 0. The highest BCUT2D eigenvalue weighted by molar-refractivity contribution is 6.55. The van der Waals surface area contributed by atoms with Crippen LogP contribution in [0.5, 0.6) is 0 Å². The maximum atomic E-state index is 7.21. The highest BCUT2D eigenvalue weighted by atomic mass is 35.5. The van der Waals surface area contributed by atoms with Crippen molar-refractivity contribution in [2.24, 2.45) is 0 Å². The van der Waals surface area contributed by atoms with Crippen molar-refractivity contribution in [2.45, 2.75) is 0 Å². The lowest BCUT2D eigenvalue weighted by Crippen LogP contribution is -3.00. The molecule has 2 radical (unpaired) electrons. The number of hydrogen-bond donors (Lipinski definition) is 0. The molecule has 0 aliphatic rings. The van der Waals surface area contributed by atoms with Gasteiger partial charge in [-0.25, -0.2) is 0 Å². The van der Waals surface area contributed by atoms with Crippen LogP contribution in [0, 0.1) is 0 Å². The Morgan fingerprint density at radius 3 is 1.75 bits per heavy atom. The molecule has 0 saturated heterocycles. The fraction of sp³-hybridized carbons (Fsp3) is 0. The van der Waals surface area contributed by atoms with Crippen molar-refractivity contribution in [3.63, 3.8) is 0 Å². The molecular formula is CHCl2N. The monoisotopic (exact) mass is 96.9 g/mol. The van der Waals surface area contributed by atoms with Crippen molar-refractivity contribution in [3.8, 4) is 0 Å². The summed E-state index contributed by atoms with van der Waals surface area (Å²) in [5.74, 6) is 0. The first-order valence-corrected chi connectivity index (χ1v) is 0.913. The third-order valence-electron chi connectivity index (χ3n) is 0. The smallest absolute Gasteiger partial charge is 0.434 e. The lowest BCUT2D eigenvalue weighted by molar-refractivity contribution is -0.000000693. The standard InChI is InChI=1S/CHClN.ClH/c2-1-3;/h1H;1H/q+1;/p-1. The Bertz CT molecular complexity index is 13.5. The first-order valence-electron chi connectivity index (χ1n) is 0.476. The molecule has 0 fully saturated rings. The minimum absolute atomic E-state index is 0. The van der Waals surface area contributed by atoms with Crippen LogP contribution in [0.25, 0.3) is 0 Å². The van der Waals surface area contributed by atoms with Gasteiger partial charge in [0, 0.05) is 0 Å². The zero-order chi connectivity index (χ0) is 2.71. The van der Waals surface area contributed by atoms with Crippen LogP contribution in [0.2, 0.25) is 0 Å². The molecule has 0 heterocycles. The molecule has 0 bridgehead atoms. The molecule has 0 rings (SSSR count). The van der Waals surface area contributed by atoms with E-state index in [4.69, 9.17) is 5.41 Å². The number of nitrogens with zero attached hydrogens (tertiary/aromatic N) is 1. The molecule has 0 saturated carbocycles. The summed E-state index contributed by atoms with van der Waals surface area (Å²) in [4.78, 5) is 0. The first kappa shape index (κ1) is 8.87. The van der Waals surface area contributed by atoms with E-state index in [1.54, 1.807) is 0 Å². The topological polar surface area (TPSA) is 22.3 Å². The van der Waals surface area contributed by atoms with E-state index in [9.17, 15) is 0 Å². The maximum Gasteiger partial charge on any atom is 0.434 e. The Morgan fingerprint density at radius 1 is 1.75 bits per heavy atom. The zero-order valence-electron chi connectivity index (χ0n) is 1.78. The van der Waals surface area contributed by atoms with Gasteiger partial charge in [-0.3, -0.25) is 0 Å². The highest BCUT2D eigenvalue weighted by Gasteiger charge is 1.52. The molecule has 3 heteroatoms. The predicted molar refractivity (Wildman–Crippen MR) is 14.1 cm³/mol. The third kappa shape index (κ3) is 56.3. The molecule has 0 spiro atoms. The van der Waals surface area contributed by atoms with Crippen LogP contribution in [0.15, 0.2) is 0 Å². The maximum absolute atomic E-state index is 7.21. The summed E-state index contributed by atoms with van der Waals surface area (Å²) in [6.45, 7) is 0. The number of rotatable bonds is 0. The van der Waals surface area contributed by atoms with Gasteiger partial charge in [0.25, 0.3) is 0 Å². The SMILES string of the molecule is [Cl-].[N+]=CCl. The van der Waals surface area contributed by atoms with Gasteiger partial charge in [-0.2, -0.15) is 0 Å². The van der Waals surface area contributed by atoms with Gasteiger partial charge in [0.2, 0.25) is 0 Å². The molecule has 0 aliphatic carbocycles. The molecule has 1 nitrogen and oxygen atoms in total. The summed E-state index contributed by atoms with van der Waals surface area (Å²) in [6, 6.07) is 0. The van der Waals surface area contributed by atoms with Crippen LogP contribution in [0.1, 0.15) is 0 Å². The van der Waals surface area contributed by atoms with E-state index in [-0.39, 0.29) is 12.4 Å². The first-order chi connectivity index (χ1) is 1.41. The van der Waals surface area contributed by atoms with Crippen LogP contribution in [0.3, 0.4) is 0 Å². The Morgan fingerprint density at radius 2 is 1.75 bits per heavy atom. The molecule has 0 aromatic rings. The average Bonchev–Trinajstić information content (AvgIpc) is 0.918. The van der Waals surface area contributed by atoms with Gasteiger partial charge < -0.3 is 12.4 Å². The van der Waals surface area contributed by atoms with Crippen LogP contribution in [-0.4, -0.2) is 5.67 Å². The zero-order valence-corrected chi connectivity index (χ0v) is 3.29. The largest absolute Gasteiger partial charge is 1.00 e. The predicted octanol–water partition coefficient (Wildman–Crippen LogP) is -2.94. The number of hydrogen-bond acceptors (Lipinski definition) is 0. The lowest BCUT2D eigenvalue weighted by atomic mass is 11.7. The minimum atomic E-state index is 0. The quantitative estimate of drug-likeness (QED) is 0.289. The Kier molecular flexibility index (Phi) is 23.3. The van der Waals surface area contributed by atoms with Gasteiger partial charge in [-0.05, 0) is 11.6 Å². The molecular weight excluding hydrogens is 96.9 g/mol. The van der Waals surface area contributed by atoms with Crippen LogP contribution in [-0.2, 0) is 0 Å². The van der Waals surface area contributed by atoms with Gasteiger partial charge in [0.15, 0.2) is 0 Å². The Labute approximate surface area is 35.9 Å². The summed E-state index contributed by atoms with van der Waals surface area (Å²) >= 11 is 4.43. The molecule has 24 valence electrons. The average molecular weight is 97.9 g/mol. The van der Waals surface area contributed by atoms with Crippen molar-refractivity contribution in [2.75, 3.05) is 0 Å². The molecule has 0 amide bonds. The summed E-state index contributed by atoms with van der Waals surface area (Å²) in [7, 11) is 0. The summed E-state index contributed by atoms with van der Waals surface area (Å²) in [5, 5.41) is 7.21. The third-order valence-corrected chi connectivity index (χ3v) is 0. The van der Waals surface area contributed by atoms with Crippen LogP contribution >= 0.6 is 11.6 Å². The van der Waals surface area contributed by atoms with E-state index in [0.29, 0.717) is 5.67 Å². The second-order valence-electron chi connectivity index (χ2n) is 0.0976. The Balaban J connectivity index is 0. The van der Waals surface area contributed by atoms with Crippen molar-refractivity contribution in [1.29, 1.82) is 0 Å². The summed E-state index contributed by atoms with van der Waals surface area (Å²) < 4.78 is 0. The molecule has 0 aromatic heterocycles. The second kappa shape index (κ2) is 10.5. The van der Waals surface area contributed by atoms with E-state index >= 15 is 0 Å². The molecule has 4 heavy (non-hydrogen) atoms. The molecule has 0 atom stereocenters. The van der Waals surface area contributed by atoms with Crippen LogP contribution in [0.4, 0.5) is 0 Å². The molecule has 0 aromatic carbocycles. The Hall–Kier alpha value is 0.250. The van der Waals surface area contributed by atoms with Crippen molar-refractivity contribution in [3.05, 3.63) is 0 Å². The van der Waals surface area contributed by atoms with E-state index in [1.165, 1.54) is 0 Å². The highest BCUT2D eigenvalue weighted by Crippen LogP contribution is 1.40. The van der Waals surface area contributed by atoms with Gasteiger partial charge in [0.1, 0.15) is 0 Å². The second-order valence-corrected chi connectivity index (χ2v) is 0.293. The van der Waals surface area contributed by atoms with Crippen molar-refractivity contribution >= 4 is 17.3 Å². The van der Waals surface area contributed by atoms with Gasteiger partial charge in [-0.15, -0.1) is 0 Å². The normalized spacial score (nSPS) is 3.25. The fourth-order valence-electron chi connectivity index (χ4n) is 0. The van der Waals surface area contributed by atoms with Crippen LogP contribution < -0.4 is 17.8 Å². The van der Waals surface area contributed by atoms with Crippen molar-refractivity contribution < 1.29 is 12.4 Å². The molecule has 0 unspecified atom stereocenters. The van der Waals surface area contributed by atoms with Crippen molar-refractivity contribution in [1.82, 2.24) is 5.41 Å². The van der Waals surface area contributed by atoms with E-state index < -0.39 is 0 Å². The molecule has 0 N–H and O–H groups in total. The van der Waals surface area contributed by atoms with E-state index in [0.717, 1.165) is 0 Å². The van der Waals surface area contributed by atoms with Gasteiger partial charge in [-0.1, -0.05) is 0 Å². The van der Waals surface area contributed by atoms with E-state index in [2.05, 4.69) is 11.6 Å². The minimum Gasteiger partial charge on any atom is -1.00 e. The fourth-order valence-corrected chi connectivity index (χ4v) is 0. The summed E-state index contributed by atoms with van der Waals surface area (Å²) in [5.41, 5.74) is 0.472. The van der Waals surface area contributed by atoms with E-state index in [1.807, 2.05) is 0 Å². The van der Waals surface area contributed by atoms with Gasteiger partial charge in [0.05, 0.1) is 0 Å².